The Balaban J connectivity index is 2.18. The monoisotopic (exact) mass is 359 g/mol. The van der Waals surface area contributed by atoms with E-state index >= 15 is 0 Å². The zero-order chi connectivity index (χ0) is 18.4. The summed E-state index contributed by atoms with van der Waals surface area (Å²) in [7, 11) is -0.976. The molecule has 3 aromatic rings. The average molecular weight is 359 g/mol. The zero-order valence-electron chi connectivity index (χ0n) is 14.0. The van der Waals surface area contributed by atoms with E-state index < -0.39 is 21.3 Å². The third kappa shape index (κ3) is 2.85. The Labute approximate surface area is 144 Å². The number of benzene rings is 2. The van der Waals surface area contributed by atoms with Gasteiger partial charge in [-0.2, -0.15) is 0 Å². The van der Waals surface area contributed by atoms with Gasteiger partial charge in [-0.25, -0.2) is 13.2 Å². The molecule has 0 radical (unpaired) electrons. The molecule has 0 aliphatic rings. The second-order valence-corrected chi connectivity index (χ2v) is 7.49. The number of hydrogen-bond acceptors (Lipinski definition) is 4. The van der Waals surface area contributed by atoms with E-state index in [-0.39, 0.29) is 10.3 Å². The van der Waals surface area contributed by atoms with Gasteiger partial charge >= 0.3 is 5.69 Å². The first-order valence-corrected chi connectivity index (χ1v) is 8.99. The molecule has 3 rings (SSSR count). The molecule has 0 aliphatic heterocycles. The molecule has 130 valence electrons. The van der Waals surface area contributed by atoms with E-state index in [0.29, 0.717) is 11.2 Å². The SMILES string of the molecule is Cc1ccccc1NS(=O)(=O)c1ccc2c(c1)c(=O)n(C)c(=O)n2C. The molecule has 8 heteroatoms. The number of fused-ring (bicyclic) bond motifs is 1. The average Bonchev–Trinajstić information content (AvgIpc) is 2.59. The number of anilines is 1. The van der Waals surface area contributed by atoms with Crippen molar-refractivity contribution in [1.82, 2.24) is 9.13 Å². The molecule has 0 spiro atoms. The maximum atomic E-state index is 12.7. The Morgan fingerprint density at radius 2 is 1.64 bits per heavy atom. The van der Waals surface area contributed by atoms with Crippen molar-refractivity contribution in [2.24, 2.45) is 14.1 Å². The minimum Gasteiger partial charge on any atom is -0.296 e. The molecule has 0 amide bonds. The molecule has 0 saturated heterocycles. The van der Waals surface area contributed by atoms with E-state index in [2.05, 4.69) is 4.72 Å². The summed E-state index contributed by atoms with van der Waals surface area (Å²) in [5.74, 6) is 0. The van der Waals surface area contributed by atoms with Crippen LogP contribution in [0.3, 0.4) is 0 Å². The van der Waals surface area contributed by atoms with Gasteiger partial charge in [-0.15, -0.1) is 0 Å². The summed E-state index contributed by atoms with van der Waals surface area (Å²) in [5.41, 5.74) is 0.626. The van der Waals surface area contributed by atoms with Gasteiger partial charge in [0.05, 0.1) is 21.5 Å². The van der Waals surface area contributed by atoms with Crippen LogP contribution in [0.5, 0.6) is 0 Å². The van der Waals surface area contributed by atoms with Crippen LogP contribution in [0, 0.1) is 6.92 Å². The molecule has 2 aromatic carbocycles. The Hall–Kier alpha value is -2.87. The van der Waals surface area contributed by atoms with Crippen LogP contribution in [-0.2, 0) is 24.1 Å². The lowest BCUT2D eigenvalue weighted by atomic mass is 10.2. The number of sulfonamides is 1. The summed E-state index contributed by atoms with van der Waals surface area (Å²) in [6.07, 6.45) is 0. The number of hydrogen-bond donors (Lipinski definition) is 1. The number of para-hydroxylation sites is 1. The standard InChI is InChI=1S/C17H17N3O4S/c1-11-6-4-5-7-14(11)18-25(23,24)12-8-9-15-13(10-12)16(21)20(3)17(22)19(15)2/h4-10,18H,1-3H3. The highest BCUT2D eigenvalue weighted by Crippen LogP contribution is 2.21. The maximum Gasteiger partial charge on any atom is 0.330 e. The predicted molar refractivity (Wildman–Crippen MR) is 96.4 cm³/mol. The summed E-state index contributed by atoms with van der Waals surface area (Å²) >= 11 is 0. The van der Waals surface area contributed by atoms with Crippen LogP contribution < -0.4 is 16.0 Å². The number of rotatable bonds is 3. The first-order valence-electron chi connectivity index (χ1n) is 7.50. The molecule has 0 atom stereocenters. The second-order valence-electron chi connectivity index (χ2n) is 5.81. The van der Waals surface area contributed by atoms with Gasteiger partial charge in [0.25, 0.3) is 15.6 Å². The van der Waals surface area contributed by atoms with Gasteiger partial charge in [0.2, 0.25) is 0 Å². The fourth-order valence-electron chi connectivity index (χ4n) is 2.63. The van der Waals surface area contributed by atoms with Crippen molar-refractivity contribution in [3.05, 3.63) is 68.9 Å². The fraction of sp³-hybridized carbons (Fsp3) is 0.176. The number of aryl methyl sites for hydroxylation is 2. The normalized spacial score (nSPS) is 11.6. The molecule has 7 nitrogen and oxygen atoms in total. The van der Waals surface area contributed by atoms with Crippen LogP contribution in [0.4, 0.5) is 5.69 Å². The second kappa shape index (κ2) is 5.89. The molecule has 0 saturated carbocycles. The molecule has 0 aliphatic carbocycles. The van der Waals surface area contributed by atoms with Crippen LogP contribution >= 0.6 is 0 Å². The highest BCUT2D eigenvalue weighted by molar-refractivity contribution is 7.92. The van der Waals surface area contributed by atoms with E-state index in [1.54, 1.807) is 25.1 Å². The van der Waals surface area contributed by atoms with Gasteiger partial charge < -0.3 is 0 Å². The molecule has 25 heavy (non-hydrogen) atoms. The van der Waals surface area contributed by atoms with Crippen molar-refractivity contribution in [1.29, 1.82) is 0 Å². The van der Waals surface area contributed by atoms with Gasteiger partial charge in [0.15, 0.2) is 0 Å². The Morgan fingerprint density at radius 3 is 2.32 bits per heavy atom. The molecule has 1 heterocycles. The topological polar surface area (TPSA) is 90.2 Å². The highest BCUT2D eigenvalue weighted by Gasteiger charge is 2.18. The van der Waals surface area contributed by atoms with Gasteiger partial charge in [-0.3, -0.25) is 18.7 Å². The quantitative estimate of drug-likeness (QED) is 0.764. The smallest absolute Gasteiger partial charge is 0.296 e. The highest BCUT2D eigenvalue weighted by atomic mass is 32.2. The molecular formula is C17H17N3O4S. The van der Waals surface area contributed by atoms with Gasteiger partial charge in [0, 0.05) is 14.1 Å². The van der Waals surface area contributed by atoms with Gasteiger partial charge in [-0.1, -0.05) is 18.2 Å². The van der Waals surface area contributed by atoms with Crippen molar-refractivity contribution in [2.45, 2.75) is 11.8 Å². The summed E-state index contributed by atoms with van der Waals surface area (Å²) in [6, 6.07) is 11.1. The third-order valence-corrected chi connectivity index (χ3v) is 5.50. The number of nitrogens with one attached hydrogen (secondary N) is 1. The van der Waals surface area contributed by atoms with Crippen molar-refractivity contribution in [3.63, 3.8) is 0 Å². The molecule has 0 fully saturated rings. The minimum absolute atomic E-state index is 0.0426. The largest absolute Gasteiger partial charge is 0.330 e. The maximum absolute atomic E-state index is 12.7. The summed E-state index contributed by atoms with van der Waals surface area (Å²) in [5, 5.41) is 0.164. The fourth-order valence-corrected chi connectivity index (χ4v) is 3.79. The third-order valence-electron chi connectivity index (χ3n) is 4.14. The summed E-state index contributed by atoms with van der Waals surface area (Å²) in [4.78, 5) is 24.2. The van der Waals surface area contributed by atoms with E-state index in [0.717, 1.165) is 10.1 Å². The summed E-state index contributed by atoms with van der Waals surface area (Å²) in [6.45, 7) is 1.80. The van der Waals surface area contributed by atoms with Crippen LogP contribution in [0.1, 0.15) is 5.56 Å². The number of aromatic nitrogens is 2. The Bertz CT molecular complexity index is 1210. The van der Waals surface area contributed by atoms with Crippen LogP contribution in [-0.4, -0.2) is 17.6 Å². The van der Waals surface area contributed by atoms with E-state index in [9.17, 15) is 18.0 Å². The van der Waals surface area contributed by atoms with Crippen molar-refractivity contribution in [2.75, 3.05) is 4.72 Å². The van der Waals surface area contributed by atoms with Crippen LogP contribution in [0.25, 0.3) is 10.9 Å². The van der Waals surface area contributed by atoms with Gasteiger partial charge in [-0.05, 0) is 36.8 Å². The number of nitrogens with zero attached hydrogens (tertiary/aromatic N) is 2. The Morgan fingerprint density at radius 1 is 0.960 bits per heavy atom. The minimum atomic E-state index is -3.87. The van der Waals surface area contributed by atoms with Crippen molar-refractivity contribution >= 4 is 26.6 Å². The van der Waals surface area contributed by atoms with E-state index in [1.165, 1.54) is 36.9 Å². The lowest BCUT2D eigenvalue weighted by Gasteiger charge is -2.12. The molecule has 1 aromatic heterocycles. The predicted octanol–water partition coefficient (Wildman–Crippen LogP) is 1.35. The van der Waals surface area contributed by atoms with Crippen LogP contribution in [0.2, 0.25) is 0 Å². The first-order chi connectivity index (χ1) is 11.7. The van der Waals surface area contributed by atoms with Crippen molar-refractivity contribution in [3.8, 4) is 0 Å². The van der Waals surface area contributed by atoms with E-state index in [1.807, 2.05) is 6.07 Å². The summed E-state index contributed by atoms with van der Waals surface area (Å²) < 4.78 is 30.1. The van der Waals surface area contributed by atoms with Crippen LogP contribution in [0.15, 0.2) is 56.9 Å². The molecule has 0 bridgehead atoms. The van der Waals surface area contributed by atoms with Gasteiger partial charge in [0.1, 0.15) is 0 Å². The lowest BCUT2D eigenvalue weighted by Crippen LogP contribution is -2.37. The van der Waals surface area contributed by atoms with E-state index in [4.69, 9.17) is 0 Å². The lowest BCUT2D eigenvalue weighted by molar-refractivity contribution is 0.601. The zero-order valence-corrected chi connectivity index (χ0v) is 14.8. The molecule has 1 N–H and O–H groups in total. The molecular weight excluding hydrogens is 342 g/mol. The van der Waals surface area contributed by atoms with Crippen molar-refractivity contribution < 1.29 is 8.42 Å². The Kier molecular flexibility index (Phi) is 4.00. The molecule has 0 unspecified atom stereocenters. The first kappa shape index (κ1) is 17.0.